The number of carbonyl (C=O) groups is 2. The first kappa shape index (κ1) is 23.7. The third-order valence-electron chi connectivity index (χ3n) is 5.22. The molecule has 1 amide bonds. The molecule has 0 radical (unpaired) electrons. The van der Waals surface area contributed by atoms with E-state index in [1.54, 1.807) is 0 Å². The van der Waals surface area contributed by atoms with Crippen molar-refractivity contribution in [3.8, 4) is 0 Å². The molecule has 2 aliphatic heterocycles. The second kappa shape index (κ2) is 10.3. The van der Waals surface area contributed by atoms with Crippen molar-refractivity contribution in [1.29, 1.82) is 0 Å². The number of halogens is 3. The average Bonchev–Trinajstić information content (AvgIpc) is 2.56. The molecule has 0 aromatic heterocycles. The number of carboxylic acids is 1. The van der Waals surface area contributed by atoms with E-state index in [1.807, 2.05) is 0 Å². The Labute approximate surface area is 158 Å². The van der Waals surface area contributed by atoms with Crippen molar-refractivity contribution < 1.29 is 32.6 Å². The molecule has 1 atom stereocenters. The Bertz CT molecular complexity index is 491. The number of piperidine rings is 1. The highest BCUT2D eigenvalue weighted by Crippen LogP contribution is 2.38. The number of ether oxygens (including phenoxy) is 1. The molecule has 2 heterocycles. The summed E-state index contributed by atoms with van der Waals surface area (Å²) in [5.41, 5.74) is 0.238. The molecule has 2 rings (SSSR count). The summed E-state index contributed by atoms with van der Waals surface area (Å²) in [6.07, 6.45) is 0.161. The van der Waals surface area contributed by atoms with Gasteiger partial charge in [-0.25, -0.2) is 4.79 Å². The lowest BCUT2D eigenvalue weighted by molar-refractivity contribution is -0.192. The molecule has 1 unspecified atom stereocenters. The van der Waals surface area contributed by atoms with Crippen LogP contribution in [0.25, 0.3) is 0 Å². The maximum Gasteiger partial charge on any atom is 0.490 e. The molecule has 2 saturated heterocycles. The Morgan fingerprint density at radius 1 is 1.26 bits per heavy atom. The molecule has 0 aliphatic carbocycles. The van der Waals surface area contributed by atoms with Crippen LogP contribution in [0.1, 0.15) is 46.0 Å². The largest absolute Gasteiger partial charge is 0.490 e. The maximum atomic E-state index is 12.1. The zero-order chi connectivity index (χ0) is 20.7. The van der Waals surface area contributed by atoms with Crippen molar-refractivity contribution in [2.45, 2.75) is 57.7 Å². The number of nitrogens with zero attached hydrogens (tertiary/aromatic N) is 2. The second-order valence-corrected chi connectivity index (χ2v) is 7.32. The summed E-state index contributed by atoms with van der Waals surface area (Å²) in [7, 11) is 2.21. The second-order valence-electron chi connectivity index (χ2n) is 7.32. The van der Waals surface area contributed by atoms with E-state index in [2.05, 4.69) is 30.7 Å². The van der Waals surface area contributed by atoms with Crippen LogP contribution < -0.4 is 0 Å². The smallest absolute Gasteiger partial charge is 0.475 e. The van der Waals surface area contributed by atoms with E-state index in [1.165, 1.54) is 12.8 Å². The molecule has 0 aromatic carbocycles. The zero-order valence-electron chi connectivity index (χ0n) is 16.3. The number of carboxylic acid groups (broad SMARTS) is 1. The van der Waals surface area contributed by atoms with Gasteiger partial charge in [-0.15, -0.1) is 0 Å². The Morgan fingerprint density at radius 2 is 1.85 bits per heavy atom. The first-order chi connectivity index (χ1) is 12.6. The van der Waals surface area contributed by atoms with Crippen molar-refractivity contribution >= 4 is 11.9 Å². The fraction of sp³-hybridized carbons (Fsp3) is 0.889. The Balaban J connectivity index is 0.000000445. The highest BCUT2D eigenvalue weighted by Gasteiger charge is 2.50. The number of likely N-dealkylation sites (N-methyl/N-ethyl adjacent to an activating group) is 1. The minimum Gasteiger partial charge on any atom is -0.475 e. The van der Waals surface area contributed by atoms with Crippen LogP contribution in [0.4, 0.5) is 13.2 Å². The fourth-order valence-electron chi connectivity index (χ4n) is 3.53. The average molecular weight is 396 g/mol. The van der Waals surface area contributed by atoms with Crippen molar-refractivity contribution in [3.63, 3.8) is 0 Å². The highest BCUT2D eigenvalue weighted by molar-refractivity contribution is 5.77. The molecule has 2 fully saturated rings. The van der Waals surface area contributed by atoms with E-state index in [0.717, 1.165) is 52.1 Å². The number of aliphatic carboxylic acids is 1. The SMILES string of the molecule is CCCCC(=O)N1CC2(CC(COCC)CCN2C)C1.O=C(O)C(F)(F)F. The van der Waals surface area contributed by atoms with Gasteiger partial charge < -0.3 is 14.7 Å². The number of rotatable bonds is 6. The number of alkyl halides is 3. The van der Waals surface area contributed by atoms with Gasteiger partial charge in [0.2, 0.25) is 5.91 Å². The molecule has 158 valence electrons. The molecule has 9 heteroatoms. The lowest BCUT2D eigenvalue weighted by Gasteiger charge is -2.58. The number of hydrogen-bond acceptors (Lipinski definition) is 4. The van der Waals surface area contributed by atoms with Crippen molar-refractivity contribution in [3.05, 3.63) is 0 Å². The third-order valence-corrected chi connectivity index (χ3v) is 5.22. The minimum atomic E-state index is -5.08. The van der Waals surface area contributed by atoms with Gasteiger partial charge in [0.15, 0.2) is 0 Å². The van der Waals surface area contributed by atoms with E-state index in [-0.39, 0.29) is 5.54 Å². The molecule has 6 nitrogen and oxygen atoms in total. The topological polar surface area (TPSA) is 70.1 Å². The number of unbranched alkanes of at least 4 members (excludes halogenated alkanes) is 1. The molecule has 0 saturated carbocycles. The van der Waals surface area contributed by atoms with Crippen LogP contribution in [0.15, 0.2) is 0 Å². The maximum absolute atomic E-state index is 12.1. The van der Waals surface area contributed by atoms with Gasteiger partial charge in [-0.05, 0) is 45.7 Å². The van der Waals surface area contributed by atoms with Gasteiger partial charge in [0.25, 0.3) is 0 Å². The monoisotopic (exact) mass is 396 g/mol. The van der Waals surface area contributed by atoms with Gasteiger partial charge in [0, 0.05) is 32.7 Å². The van der Waals surface area contributed by atoms with Crippen LogP contribution in [0.5, 0.6) is 0 Å². The summed E-state index contributed by atoms with van der Waals surface area (Å²) in [6.45, 7) is 8.87. The van der Waals surface area contributed by atoms with E-state index in [9.17, 15) is 18.0 Å². The number of likely N-dealkylation sites (tertiary alicyclic amines) is 2. The first-order valence-electron chi connectivity index (χ1n) is 9.42. The van der Waals surface area contributed by atoms with E-state index in [0.29, 0.717) is 11.8 Å². The molecule has 1 N–H and O–H groups in total. The molecule has 0 aromatic rings. The Kier molecular flexibility index (Phi) is 9.01. The Morgan fingerprint density at radius 3 is 2.33 bits per heavy atom. The Hall–Kier alpha value is -1.35. The van der Waals surface area contributed by atoms with Crippen LogP contribution in [-0.4, -0.2) is 78.4 Å². The van der Waals surface area contributed by atoms with Crippen molar-refractivity contribution in [2.75, 3.05) is 39.9 Å². The van der Waals surface area contributed by atoms with Gasteiger partial charge in [-0.2, -0.15) is 13.2 Å². The van der Waals surface area contributed by atoms with E-state index >= 15 is 0 Å². The number of amides is 1. The normalized spacial score (nSPS) is 22.0. The molecule has 1 spiro atoms. The molecular formula is C18H31F3N2O4. The summed E-state index contributed by atoms with van der Waals surface area (Å²) in [5.74, 6) is -1.75. The van der Waals surface area contributed by atoms with Gasteiger partial charge in [0.1, 0.15) is 0 Å². The molecular weight excluding hydrogens is 365 g/mol. The van der Waals surface area contributed by atoms with Crippen LogP contribution in [-0.2, 0) is 14.3 Å². The lowest BCUT2D eigenvalue weighted by Crippen LogP contribution is -2.72. The van der Waals surface area contributed by atoms with E-state index in [4.69, 9.17) is 14.6 Å². The van der Waals surface area contributed by atoms with Gasteiger partial charge in [-0.3, -0.25) is 9.69 Å². The summed E-state index contributed by atoms with van der Waals surface area (Å²) in [6, 6.07) is 0. The zero-order valence-corrected chi connectivity index (χ0v) is 16.3. The minimum absolute atomic E-state index is 0.238. The molecule has 27 heavy (non-hydrogen) atoms. The summed E-state index contributed by atoms with van der Waals surface area (Å²) in [5, 5.41) is 7.12. The summed E-state index contributed by atoms with van der Waals surface area (Å²) in [4.78, 5) is 25.5. The molecule has 0 bridgehead atoms. The molecule has 2 aliphatic rings. The lowest BCUT2D eigenvalue weighted by atomic mass is 9.75. The quantitative estimate of drug-likeness (QED) is 0.748. The third kappa shape index (κ3) is 6.95. The van der Waals surface area contributed by atoms with Crippen LogP contribution >= 0.6 is 0 Å². The fourth-order valence-corrected chi connectivity index (χ4v) is 3.53. The van der Waals surface area contributed by atoms with Crippen LogP contribution in [0.3, 0.4) is 0 Å². The number of carbonyl (C=O) groups excluding carboxylic acids is 1. The van der Waals surface area contributed by atoms with Crippen molar-refractivity contribution in [1.82, 2.24) is 9.80 Å². The summed E-state index contributed by atoms with van der Waals surface area (Å²) >= 11 is 0. The highest BCUT2D eigenvalue weighted by atomic mass is 19.4. The standard InChI is InChI=1S/C16H30N2O2.C2HF3O2/c1-4-6-7-15(19)18-12-16(13-18)10-14(11-20-5-2)8-9-17(16)3;3-2(4,5)1(6)7/h14H,4-13H2,1-3H3;(H,6,7). The van der Waals surface area contributed by atoms with Crippen molar-refractivity contribution in [2.24, 2.45) is 5.92 Å². The van der Waals surface area contributed by atoms with Crippen LogP contribution in [0.2, 0.25) is 0 Å². The first-order valence-corrected chi connectivity index (χ1v) is 9.42. The predicted molar refractivity (Wildman–Crippen MR) is 94.4 cm³/mol. The number of hydrogen-bond donors (Lipinski definition) is 1. The van der Waals surface area contributed by atoms with Gasteiger partial charge in [0.05, 0.1) is 5.54 Å². The van der Waals surface area contributed by atoms with Crippen LogP contribution in [0, 0.1) is 5.92 Å². The van der Waals surface area contributed by atoms with E-state index < -0.39 is 12.1 Å². The summed E-state index contributed by atoms with van der Waals surface area (Å²) < 4.78 is 37.3. The predicted octanol–water partition coefficient (Wildman–Crippen LogP) is 2.77. The van der Waals surface area contributed by atoms with Gasteiger partial charge >= 0.3 is 12.1 Å². The van der Waals surface area contributed by atoms with Gasteiger partial charge in [-0.1, -0.05) is 13.3 Å².